The summed E-state index contributed by atoms with van der Waals surface area (Å²) in [5.74, 6) is 0. The molecule has 2 saturated heterocycles. The Morgan fingerprint density at radius 2 is 1.88 bits per heavy atom. The van der Waals surface area contributed by atoms with Crippen molar-refractivity contribution < 1.29 is 22.6 Å². The van der Waals surface area contributed by atoms with E-state index in [2.05, 4.69) is 0 Å². The molecule has 0 aliphatic carbocycles. The van der Waals surface area contributed by atoms with Crippen molar-refractivity contribution in [1.29, 1.82) is 5.26 Å². The molecule has 1 spiro atoms. The van der Waals surface area contributed by atoms with Crippen LogP contribution < -0.4 is 4.90 Å². The molecular formula is C17H19F3N2O2. The molecule has 2 fully saturated rings. The SMILES string of the molecule is N#Cc1ccc(C(F)(F)F)c(N2CCOCC3(CCOCC3)C2)c1. The van der Waals surface area contributed by atoms with Gasteiger partial charge in [0.05, 0.1) is 36.1 Å². The van der Waals surface area contributed by atoms with Crippen LogP contribution >= 0.6 is 0 Å². The molecule has 0 saturated carbocycles. The first kappa shape index (κ1) is 17.1. The van der Waals surface area contributed by atoms with Crippen LogP contribution in [0, 0.1) is 16.7 Å². The molecule has 24 heavy (non-hydrogen) atoms. The number of ether oxygens (including phenoxy) is 2. The third-order valence-electron chi connectivity index (χ3n) is 4.77. The fourth-order valence-corrected chi connectivity index (χ4v) is 3.41. The van der Waals surface area contributed by atoms with Crippen molar-refractivity contribution in [3.8, 4) is 6.07 Å². The standard InChI is InChI=1S/C17H19F3N2O2/c18-17(19,20)14-2-1-13(10-21)9-15(14)22-5-8-24-12-16(11-22)3-6-23-7-4-16/h1-2,9H,3-8,11-12H2. The van der Waals surface area contributed by atoms with E-state index in [-0.39, 0.29) is 16.7 Å². The summed E-state index contributed by atoms with van der Waals surface area (Å²) < 4.78 is 51.3. The molecule has 3 rings (SSSR count). The van der Waals surface area contributed by atoms with Crippen molar-refractivity contribution in [3.05, 3.63) is 29.3 Å². The Hall–Kier alpha value is -1.78. The highest BCUT2D eigenvalue weighted by molar-refractivity contribution is 5.59. The Bertz CT molecular complexity index is 634. The van der Waals surface area contributed by atoms with E-state index in [0.29, 0.717) is 39.5 Å². The number of nitrogens with zero attached hydrogens (tertiary/aromatic N) is 2. The van der Waals surface area contributed by atoms with E-state index in [9.17, 15) is 13.2 Å². The number of halogens is 3. The number of hydrogen-bond donors (Lipinski definition) is 0. The molecule has 0 aromatic heterocycles. The van der Waals surface area contributed by atoms with E-state index < -0.39 is 11.7 Å². The summed E-state index contributed by atoms with van der Waals surface area (Å²) in [5.41, 5.74) is -0.604. The lowest BCUT2D eigenvalue weighted by atomic mass is 9.80. The minimum atomic E-state index is -4.46. The number of anilines is 1. The van der Waals surface area contributed by atoms with Gasteiger partial charge in [-0.2, -0.15) is 18.4 Å². The predicted molar refractivity (Wildman–Crippen MR) is 81.7 cm³/mol. The minimum Gasteiger partial charge on any atom is -0.381 e. The fourth-order valence-electron chi connectivity index (χ4n) is 3.41. The Labute approximate surface area is 138 Å². The minimum absolute atomic E-state index is 0.0675. The molecule has 2 aliphatic heterocycles. The summed E-state index contributed by atoms with van der Waals surface area (Å²) in [6, 6.07) is 5.47. The second-order valence-corrected chi connectivity index (χ2v) is 6.43. The van der Waals surface area contributed by atoms with Crippen LogP contribution in [0.4, 0.5) is 18.9 Å². The lowest BCUT2D eigenvalue weighted by Crippen LogP contribution is -2.43. The van der Waals surface area contributed by atoms with Crippen molar-refractivity contribution in [1.82, 2.24) is 0 Å². The van der Waals surface area contributed by atoms with E-state index in [1.165, 1.54) is 12.1 Å². The quantitative estimate of drug-likeness (QED) is 0.787. The molecule has 0 atom stereocenters. The van der Waals surface area contributed by atoms with Crippen LogP contribution in [0.15, 0.2) is 18.2 Å². The van der Waals surface area contributed by atoms with Gasteiger partial charge in [0.15, 0.2) is 0 Å². The molecule has 130 valence electrons. The van der Waals surface area contributed by atoms with Gasteiger partial charge in [-0.15, -0.1) is 0 Å². The first-order chi connectivity index (χ1) is 11.4. The maximum absolute atomic E-state index is 13.4. The number of rotatable bonds is 1. The van der Waals surface area contributed by atoms with Crippen molar-refractivity contribution in [3.63, 3.8) is 0 Å². The molecule has 0 unspecified atom stereocenters. The topological polar surface area (TPSA) is 45.5 Å². The van der Waals surface area contributed by atoms with Gasteiger partial charge in [-0.3, -0.25) is 0 Å². The largest absolute Gasteiger partial charge is 0.418 e. The van der Waals surface area contributed by atoms with Crippen LogP contribution in [0.5, 0.6) is 0 Å². The van der Waals surface area contributed by atoms with Gasteiger partial charge < -0.3 is 14.4 Å². The van der Waals surface area contributed by atoms with E-state index >= 15 is 0 Å². The Balaban J connectivity index is 1.98. The molecule has 0 radical (unpaired) electrons. The summed E-state index contributed by atoms with van der Waals surface area (Å²) in [5, 5.41) is 9.06. The van der Waals surface area contributed by atoms with Gasteiger partial charge >= 0.3 is 6.18 Å². The maximum Gasteiger partial charge on any atom is 0.418 e. The third kappa shape index (κ3) is 3.50. The summed E-state index contributed by atoms with van der Waals surface area (Å²) in [6.45, 7) is 2.96. The Kier molecular flexibility index (Phi) is 4.70. The first-order valence-corrected chi connectivity index (χ1v) is 7.95. The smallest absolute Gasteiger partial charge is 0.381 e. The fraction of sp³-hybridized carbons (Fsp3) is 0.588. The van der Waals surface area contributed by atoms with Crippen molar-refractivity contribution in [2.75, 3.05) is 44.4 Å². The summed E-state index contributed by atoms with van der Waals surface area (Å²) in [6.07, 6.45) is -2.93. The van der Waals surface area contributed by atoms with Crippen LogP contribution in [0.3, 0.4) is 0 Å². The number of benzene rings is 1. The molecular weight excluding hydrogens is 321 g/mol. The monoisotopic (exact) mass is 340 g/mol. The lowest BCUT2D eigenvalue weighted by molar-refractivity contribution is -0.137. The van der Waals surface area contributed by atoms with Gasteiger partial charge in [0, 0.05) is 31.7 Å². The molecule has 2 heterocycles. The first-order valence-electron chi connectivity index (χ1n) is 7.95. The highest BCUT2D eigenvalue weighted by Gasteiger charge is 2.40. The number of nitriles is 1. The molecule has 0 amide bonds. The van der Waals surface area contributed by atoms with E-state index in [1.54, 1.807) is 4.90 Å². The van der Waals surface area contributed by atoms with Crippen molar-refractivity contribution in [2.45, 2.75) is 19.0 Å². The highest BCUT2D eigenvalue weighted by Crippen LogP contribution is 2.40. The zero-order valence-corrected chi connectivity index (χ0v) is 13.2. The van der Waals surface area contributed by atoms with Gasteiger partial charge in [0.1, 0.15) is 0 Å². The van der Waals surface area contributed by atoms with E-state index in [4.69, 9.17) is 14.7 Å². The normalized spacial score (nSPS) is 21.3. The Morgan fingerprint density at radius 3 is 2.54 bits per heavy atom. The van der Waals surface area contributed by atoms with E-state index in [1.807, 2.05) is 6.07 Å². The molecule has 0 bridgehead atoms. The van der Waals surface area contributed by atoms with Crippen molar-refractivity contribution >= 4 is 5.69 Å². The summed E-state index contributed by atoms with van der Waals surface area (Å²) in [7, 11) is 0. The molecule has 1 aromatic carbocycles. The van der Waals surface area contributed by atoms with Crippen LogP contribution in [0.2, 0.25) is 0 Å². The van der Waals surface area contributed by atoms with Crippen LogP contribution in [-0.4, -0.2) is 39.5 Å². The lowest BCUT2D eigenvalue weighted by Gasteiger charge is -2.39. The van der Waals surface area contributed by atoms with E-state index in [0.717, 1.165) is 18.9 Å². The molecule has 7 heteroatoms. The molecule has 0 N–H and O–H groups in total. The third-order valence-corrected chi connectivity index (χ3v) is 4.77. The predicted octanol–water partition coefficient (Wildman–Crippen LogP) is 3.21. The van der Waals surface area contributed by atoms with Crippen LogP contribution in [0.25, 0.3) is 0 Å². The van der Waals surface area contributed by atoms with Gasteiger partial charge in [-0.25, -0.2) is 0 Å². The second kappa shape index (κ2) is 6.61. The highest BCUT2D eigenvalue weighted by atomic mass is 19.4. The number of alkyl halides is 3. The Morgan fingerprint density at radius 1 is 1.12 bits per heavy atom. The van der Waals surface area contributed by atoms with Gasteiger partial charge in [0.25, 0.3) is 0 Å². The van der Waals surface area contributed by atoms with Gasteiger partial charge in [0.2, 0.25) is 0 Å². The summed E-state index contributed by atoms with van der Waals surface area (Å²) in [4.78, 5) is 1.72. The zero-order valence-electron chi connectivity index (χ0n) is 13.2. The molecule has 2 aliphatic rings. The average molecular weight is 340 g/mol. The average Bonchev–Trinajstić information content (AvgIpc) is 2.77. The summed E-state index contributed by atoms with van der Waals surface area (Å²) >= 11 is 0. The van der Waals surface area contributed by atoms with Gasteiger partial charge in [-0.1, -0.05) is 0 Å². The second-order valence-electron chi connectivity index (χ2n) is 6.43. The van der Waals surface area contributed by atoms with Crippen molar-refractivity contribution in [2.24, 2.45) is 5.41 Å². The molecule has 1 aromatic rings. The maximum atomic E-state index is 13.4. The number of hydrogen-bond acceptors (Lipinski definition) is 4. The van der Waals surface area contributed by atoms with Gasteiger partial charge in [-0.05, 0) is 31.0 Å². The van der Waals surface area contributed by atoms with Crippen LogP contribution in [-0.2, 0) is 15.7 Å². The molecule has 4 nitrogen and oxygen atoms in total. The zero-order chi connectivity index (χ0) is 17.2. The van der Waals surface area contributed by atoms with Crippen LogP contribution in [0.1, 0.15) is 24.0 Å².